The predicted molar refractivity (Wildman–Crippen MR) is 87.8 cm³/mol. The van der Waals surface area contributed by atoms with Gasteiger partial charge in [0.05, 0.1) is 16.7 Å². The van der Waals surface area contributed by atoms with Crippen LogP contribution in [0.4, 0.5) is 0 Å². The summed E-state index contributed by atoms with van der Waals surface area (Å²) in [5.74, 6) is 0.804. The molecule has 1 aromatic carbocycles. The molecule has 2 atom stereocenters. The fourth-order valence-electron chi connectivity index (χ4n) is 3.88. The molecule has 1 fully saturated rings. The molecule has 2 aliphatic heterocycles. The van der Waals surface area contributed by atoms with Gasteiger partial charge in [-0.25, -0.2) is 13.4 Å². The molecule has 7 heteroatoms. The maximum absolute atomic E-state index is 12.8. The number of hydrogen-bond acceptors (Lipinski definition) is 4. The van der Waals surface area contributed by atoms with Gasteiger partial charge < -0.3 is 0 Å². The van der Waals surface area contributed by atoms with Crippen molar-refractivity contribution in [1.29, 1.82) is 0 Å². The molecule has 122 valence electrons. The van der Waals surface area contributed by atoms with Gasteiger partial charge in [0.1, 0.15) is 5.82 Å². The van der Waals surface area contributed by atoms with Gasteiger partial charge in [0, 0.05) is 25.0 Å². The summed E-state index contributed by atoms with van der Waals surface area (Å²) in [6.07, 6.45) is 2.16. The average molecular weight is 333 g/mol. The van der Waals surface area contributed by atoms with Gasteiger partial charge in [-0.05, 0) is 31.9 Å². The van der Waals surface area contributed by atoms with E-state index < -0.39 is 10.0 Å². The van der Waals surface area contributed by atoms with Crippen LogP contribution in [0.15, 0.2) is 29.1 Å². The lowest BCUT2D eigenvalue weighted by atomic mass is 10.1. The quantitative estimate of drug-likeness (QED) is 0.826. The summed E-state index contributed by atoms with van der Waals surface area (Å²) in [7, 11) is -3.27. The van der Waals surface area contributed by atoms with E-state index in [0.717, 1.165) is 12.8 Å². The lowest BCUT2D eigenvalue weighted by molar-refractivity contribution is 0.316. The molecule has 0 saturated carbocycles. The van der Waals surface area contributed by atoms with Crippen molar-refractivity contribution in [3.63, 3.8) is 0 Å². The van der Waals surface area contributed by atoms with E-state index in [4.69, 9.17) is 0 Å². The Bertz CT molecular complexity index is 935. The van der Waals surface area contributed by atoms with Crippen LogP contribution in [-0.4, -0.2) is 40.1 Å². The molecule has 1 aromatic heterocycles. The first-order chi connectivity index (χ1) is 11.0. The van der Waals surface area contributed by atoms with Gasteiger partial charge in [-0.3, -0.25) is 9.36 Å². The number of rotatable bonds is 2. The average Bonchev–Trinajstić information content (AvgIpc) is 2.85. The van der Waals surface area contributed by atoms with Crippen molar-refractivity contribution < 1.29 is 8.42 Å². The third-order valence-electron chi connectivity index (χ3n) is 4.99. The maximum atomic E-state index is 12.8. The summed E-state index contributed by atoms with van der Waals surface area (Å²) in [6, 6.07) is 7.10. The van der Waals surface area contributed by atoms with Crippen LogP contribution in [0.2, 0.25) is 0 Å². The number of benzene rings is 1. The van der Waals surface area contributed by atoms with E-state index in [9.17, 15) is 13.2 Å². The Hall–Kier alpha value is -1.73. The number of sulfonamides is 1. The second-order valence-electron chi connectivity index (χ2n) is 6.28. The summed E-state index contributed by atoms with van der Waals surface area (Å²) in [5, 5.41) is 0.596. The van der Waals surface area contributed by atoms with Gasteiger partial charge in [-0.2, -0.15) is 4.31 Å². The van der Waals surface area contributed by atoms with E-state index in [1.54, 1.807) is 21.9 Å². The molecule has 2 aromatic rings. The number of hydrogen-bond donors (Lipinski definition) is 0. The van der Waals surface area contributed by atoms with E-state index in [1.807, 2.05) is 18.2 Å². The van der Waals surface area contributed by atoms with Crippen LogP contribution in [0, 0.1) is 0 Å². The standard InChI is InChI=1S/C16H19N3O3S/c1-2-23(21,22)19-11-7-8-12(19)10-18-15(9-11)17-14-6-4-3-5-13(14)16(18)20/h3-6,11-12H,2,7-10H2,1H3/t11-,12-/m1/s1. The van der Waals surface area contributed by atoms with Crippen molar-refractivity contribution in [3.8, 4) is 0 Å². The molecular weight excluding hydrogens is 314 g/mol. The van der Waals surface area contributed by atoms with Gasteiger partial charge in [0.2, 0.25) is 10.0 Å². The van der Waals surface area contributed by atoms with Crippen LogP contribution in [0.5, 0.6) is 0 Å². The van der Waals surface area contributed by atoms with Crippen LogP contribution < -0.4 is 5.56 Å². The Morgan fingerprint density at radius 1 is 1.22 bits per heavy atom. The second kappa shape index (κ2) is 5.14. The maximum Gasteiger partial charge on any atom is 0.261 e. The normalized spacial score (nSPS) is 24.6. The van der Waals surface area contributed by atoms with Gasteiger partial charge in [0.15, 0.2) is 0 Å². The number of aromatic nitrogens is 2. The minimum Gasteiger partial charge on any atom is -0.294 e. The van der Waals surface area contributed by atoms with Crippen LogP contribution >= 0.6 is 0 Å². The minimum atomic E-state index is -3.27. The zero-order valence-corrected chi connectivity index (χ0v) is 13.8. The predicted octanol–water partition coefficient (Wildman–Crippen LogP) is 1.14. The molecule has 6 nitrogen and oxygen atoms in total. The zero-order valence-electron chi connectivity index (χ0n) is 13.0. The van der Waals surface area contributed by atoms with Gasteiger partial charge in [0.25, 0.3) is 5.56 Å². The molecule has 0 radical (unpaired) electrons. The molecule has 0 aliphatic carbocycles. The van der Waals surface area contributed by atoms with Crippen LogP contribution in [0.1, 0.15) is 25.6 Å². The van der Waals surface area contributed by atoms with Crippen LogP contribution in [0.25, 0.3) is 10.9 Å². The molecule has 3 heterocycles. The lowest BCUT2D eigenvalue weighted by Crippen LogP contribution is -2.43. The number of fused-ring (bicyclic) bond motifs is 4. The minimum absolute atomic E-state index is 0.0630. The zero-order chi connectivity index (χ0) is 16.2. The van der Waals surface area contributed by atoms with Crippen molar-refractivity contribution in [2.75, 3.05) is 5.75 Å². The highest BCUT2D eigenvalue weighted by molar-refractivity contribution is 7.89. The third-order valence-corrected chi connectivity index (χ3v) is 6.96. The fraction of sp³-hybridized carbons (Fsp3) is 0.500. The Morgan fingerprint density at radius 3 is 2.74 bits per heavy atom. The van der Waals surface area contributed by atoms with E-state index in [1.165, 1.54) is 0 Å². The van der Waals surface area contributed by atoms with Crippen molar-refractivity contribution in [1.82, 2.24) is 13.9 Å². The van der Waals surface area contributed by atoms with Crippen LogP contribution in [0.3, 0.4) is 0 Å². The molecular formula is C16H19N3O3S. The Morgan fingerprint density at radius 2 is 1.96 bits per heavy atom. The Kier molecular flexibility index (Phi) is 3.32. The Labute approximate surface area is 134 Å². The topological polar surface area (TPSA) is 72.3 Å². The summed E-state index contributed by atoms with van der Waals surface area (Å²) in [4.78, 5) is 17.4. The van der Waals surface area contributed by atoms with Crippen molar-refractivity contribution in [3.05, 3.63) is 40.4 Å². The summed E-state index contributed by atoms with van der Waals surface area (Å²) in [6.45, 7) is 2.08. The van der Waals surface area contributed by atoms with Gasteiger partial charge in [-0.15, -0.1) is 0 Å². The van der Waals surface area contributed by atoms with Crippen molar-refractivity contribution in [2.45, 2.75) is 44.8 Å². The van der Waals surface area contributed by atoms with E-state index in [0.29, 0.717) is 29.7 Å². The molecule has 0 unspecified atom stereocenters. The van der Waals surface area contributed by atoms with E-state index >= 15 is 0 Å². The fourth-order valence-corrected chi connectivity index (χ4v) is 5.44. The molecule has 2 aliphatic rings. The van der Waals surface area contributed by atoms with Gasteiger partial charge >= 0.3 is 0 Å². The van der Waals surface area contributed by atoms with E-state index in [-0.39, 0.29) is 23.4 Å². The first-order valence-corrected chi connectivity index (χ1v) is 9.62. The van der Waals surface area contributed by atoms with Crippen molar-refractivity contribution >= 4 is 20.9 Å². The monoisotopic (exact) mass is 333 g/mol. The molecule has 0 amide bonds. The molecule has 23 heavy (non-hydrogen) atoms. The molecule has 0 N–H and O–H groups in total. The summed E-state index contributed by atoms with van der Waals surface area (Å²) in [5.41, 5.74) is 0.624. The highest BCUT2D eigenvalue weighted by atomic mass is 32.2. The summed E-state index contributed by atoms with van der Waals surface area (Å²) >= 11 is 0. The molecule has 2 bridgehead atoms. The Balaban J connectivity index is 1.88. The first kappa shape index (κ1) is 14.8. The third kappa shape index (κ3) is 2.21. The lowest BCUT2D eigenvalue weighted by Gasteiger charge is -2.26. The highest BCUT2D eigenvalue weighted by Gasteiger charge is 2.43. The highest BCUT2D eigenvalue weighted by Crippen LogP contribution is 2.33. The first-order valence-electron chi connectivity index (χ1n) is 8.01. The largest absolute Gasteiger partial charge is 0.294 e. The number of para-hydroxylation sites is 1. The molecule has 0 spiro atoms. The van der Waals surface area contributed by atoms with Gasteiger partial charge in [-0.1, -0.05) is 12.1 Å². The molecule has 4 rings (SSSR count). The SMILES string of the molecule is CCS(=O)(=O)N1[C@@H]2CC[C@@H]1Cn1c(nc3ccccc3c1=O)C2. The van der Waals surface area contributed by atoms with E-state index in [2.05, 4.69) is 4.98 Å². The van der Waals surface area contributed by atoms with Crippen LogP contribution in [-0.2, 0) is 23.0 Å². The second-order valence-corrected chi connectivity index (χ2v) is 8.44. The number of nitrogens with zero attached hydrogens (tertiary/aromatic N) is 3. The van der Waals surface area contributed by atoms with Crippen molar-refractivity contribution in [2.24, 2.45) is 0 Å². The summed E-state index contributed by atoms with van der Waals surface area (Å²) < 4.78 is 28.2. The molecule has 1 saturated heterocycles. The smallest absolute Gasteiger partial charge is 0.261 e.